The number of halogens is 1. The molecule has 2 aromatic carbocycles. The van der Waals surface area contributed by atoms with Gasteiger partial charge in [-0.3, -0.25) is 14.9 Å². The summed E-state index contributed by atoms with van der Waals surface area (Å²) in [6, 6.07) is 8.68. The zero-order valence-electron chi connectivity index (χ0n) is 10.0. The van der Waals surface area contributed by atoms with Gasteiger partial charge in [-0.15, -0.1) is 0 Å². The molecule has 102 valence electrons. The van der Waals surface area contributed by atoms with Crippen molar-refractivity contribution in [2.24, 2.45) is 0 Å². The number of hydrogen-bond acceptors (Lipinski definition) is 4. The van der Waals surface area contributed by atoms with Crippen LogP contribution < -0.4 is 5.32 Å². The van der Waals surface area contributed by atoms with Gasteiger partial charge in [-0.2, -0.15) is 4.39 Å². The quantitative estimate of drug-likeness (QED) is 0.665. The van der Waals surface area contributed by atoms with Crippen LogP contribution in [0.1, 0.15) is 10.4 Å². The molecule has 2 N–H and O–H groups in total. The van der Waals surface area contributed by atoms with E-state index in [-0.39, 0.29) is 11.3 Å². The molecular weight excluding hydrogens is 267 g/mol. The number of nitrogens with one attached hydrogen (secondary N) is 1. The fourth-order valence-electron chi connectivity index (χ4n) is 1.58. The molecule has 0 fully saturated rings. The second-order valence-electron chi connectivity index (χ2n) is 3.93. The molecule has 0 aliphatic carbocycles. The predicted octanol–water partition coefficient (Wildman–Crippen LogP) is 2.69. The van der Waals surface area contributed by atoms with E-state index in [9.17, 15) is 24.4 Å². The van der Waals surface area contributed by atoms with Crippen LogP contribution in [0.3, 0.4) is 0 Å². The van der Waals surface area contributed by atoms with E-state index in [1.807, 2.05) is 0 Å². The molecule has 0 spiro atoms. The Labute approximate surface area is 112 Å². The topological polar surface area (TPSA) is 92.5 Å². The van der Waals surface area contributed by atoms with Crippen LogP contribution in [0.4, 0.5) is 15.8 Å². The van der Waals surface area contributed by atoms with E-state index in [0.717, 1.165) is 18.2 Å². The number of phenolic OH excluding ortho intramolecular Hbond substituents is 1. The van der Waals surface area contributed by atoms with Gasteiger partial charge < -0.3 is 10.4 Å². The van der Waals surface area contributed by atoms with Crippen molar-refractivity contribution in [1.82, 2.24) is 0 Å². The summed E-state index contributed by atoms with van der Waals surface area (Å²) < 4.78 is 13.4. The summed E-state index contributed by atoms with van der Waals surface area (Å²) in [7, 11) is 0. The molecule has 20 heavy (non-hydrogen) atoms. The van der Waals surface area contributed by atoms with Crippen LogP contribution in [-0.2, 0) is 0 Å². The van der Waals surface area contributed by atoms with E-state index in [0.29, 0.717) is 5.69 Å². The third-order valence-electron chi connectivity index (χ3n) is 2.51. The third kappa shape index (κ3) is 2.89. The van der Waals surface area contributed by atoms with Crippen molar-refractivity contribution < 1.29 is 19.2 Å². The maximum Gasteiger partial charge on any atom is 0.304 e. The Kier molecular flexibility index (Phi) is 3.60. The zero-order chi connectivity index (χ0) is 14.7. The van der Waals surface area contributed by atoms with Gasteiger partial charge in [0.25, 0.3) is 5.91 Å². The number of nitro groups is 1. The first-order valence-corrected chi connectivity index (χ1v) is 5.51. The summed E-state index contributed by atoms with van der Waals surface area (Å²) in [4.78, 5) is 21.4. The van der Waals surface area contributed by atoms with Crippen molar-refractivity contribution in [2.45, 2.75) is 0 Å². The highest BCUT2D eigenvalue weighted by molar-refractivity contribution is 6.04. The molecule has 0 aliphatic rings. The minimum absolute atomic E-state index is 0.0299. The Morgan fingerprint density at radius 3 is 2.60 bits per heavy atom. The average molecular weight is 276 g/mol. The highest BCUT2D eigenvalue weighted by Crippen LogP contribution is 2.20. The van der Waals surface area contributed by atoms with Crippen LogP contribution in [0.5, 0.6) is 5.75 Å². The van der Waals surface area contributed by atoms with Crippen molar-refractivity contribution >= 4 is 17.3 Å². The minimum atomic E-state index is -1.08. The van der Waals surface area contributed by atoms with Crippen LogP contribution in [0.15, 0.2) is 42.5 Å². The number of carbonyl (C=O) groups excluding carboxylic acids is 1. The number of nitro benzene ring substituents is 1. The lowest BCUT2D eigenvalue weighted by Crippen LogP contribution is -2.12. The summed E-state index contributed by atoms with van der Waals surface area (Å²) in [5, 5.41) is 22.2. The molecule has 1 amide bonds. The molecule has 0 atom stereocenters. The Balaban J connectivity index is 2.22. The van der Waals surface area contributed by atoms with Crippen LogP contribution in [0.2, 0.25) is 0 Å². The number of phenols is 1. The maximum atomic E-state index is 13.4. The van der Waals surface area contributed by atoms with E-state index >= 15 is 0 Å². The van der Waals surface area contributed by atoms with E-state index in [1.54, 1.807) is 6.07 Å². The largest absolute Gasteiger partial charge is 0.508 e. The van der Waals surface area contributed by atoms with E-state index in [1.165, 1.54) is 18.2 Å². The predicted molar refractivity (Wildman–Crippen MR) is 69.1 cm³/mol. The normalized spacial score (nSPS) is 10.1. The number of amides is 1. The number of anilines is 1. The van der Waals surface area contributed by atoms with Crippen molar-refractivity contribution in [3.63, 3.8) is 0 Å². The molecular formula is C13H9FN2O4. The van der Waals surface area contributed by atoms with Gasteiger partial charge in [0.05, 0.1) is 4.92 Å². The van der Waals surface area contributed by atoms with Crippen molar-refractivity contribution in [1.29, 1.82) is 0 Å². The second-order valence-corrected chi connectivity index (χ2v) is 3.93. The first kappa shape index (κ1) is 13.5. The standard InChI is InChI=1S/C13H9FN2O4/c14-11-6-8(4-5-12(11)16(19)20)13(18)15-9-2-1-3-10(17)7-9/h1-7,17H,(H,15,18). The lowest BCUT2D eigenvalue weighted by Gasteiger charge is -2.05. The van der Waals surface area contributed by atoms with Crippen LogP contribution >= 0.6 is 0 Å². The highest BCUT2D eigenvalue weighted by Gasteiger charge is 2.16. The van der Waals surface area contributed by atoms with Gasteiger partial charge in [0.1, 0.15) is 5.75 Å². The molecule has 0 radical (unpaired) electrons. The number of hydrogen-bond donors (Lipinski definition) is 2. The Hall–Kier alpha value is -2.96. The lowest BCUT2D eigenvalue weighted by molar-refractivity contribution is -0.387. The summed E-state index contributed by atoms with van der Waals surface area (Å²) >= 11 is 0. The van der Waals surface area contributed by atoms with Gasteiger partial charge in [0.2, 0.25) is 5.82 Å². The molecule has 0 aliphatic heterocycles. The molecule has 0 heterocycles. The van der Waals surface area contributed by atoms with Gasteiger partial charge in [0, 0.05) is 23.4 Å². The molecule has 0 saturated heterocycles. The van der Waals surface area contributed by atoms with Gasteiger partial charge >= 0.3 is 5.69 Å². The average Bonchev–Trinajstić information content (AvgIpc) is 2.38. The van der Waals surface area contributed by atoms with Crippen LogP contribution in [0.25, 0.3) is 0 Å². The zero-order valence-corrected chi connectivity index (χ0v) is 10.0. The summed E-state index contributed by atoms with van der Waals surface area (Å²) in [6.07, 6.45) is 0. The smallest absolute Gasteiger partial charge is 0.304 e. The number of nitrogens with zero attached hydrogens (tertiary/aromatic N) is 1. The van der Waals surface area contributed by atoms with Crippen molar-refractivity contribution in [3.8, 4) is 5.75 Å². The lowest BCUT2D eigenvalue weighted by atomic mass is 10.2. The van der Waals surface area contributed by atoms with Crippen molar-refractivity contribution in [3.05, 3.63) is 64.0 Å². The van der Waals surface area contributed by atoms with Crippen molar-refractivity contribution in [2.75, 3.05) is 5.32 Å². The number of rotatable bonds is 3. The number of aromatic hydroxyl groups is 1. The molecule has 2 aromatic rings. The van der Waals surface area contributed by atoms with Gasteiger partial charge in [-0.1, -0.05) is 6.07 Å². The van der Waals surface area contributed by atoms with E-state index < -0.39 is 22.3 Å². The Morgan fingerprint density at radius 2 is 2.00 bits per heavy atom. The first-order chi connectivity index (χ1) is 9.47. The molecule has 6 nitrogen and oxygen atoms in total. The molecule has 0 bridgehead atoms. The Bertz CT molecular complexity index is 688. The molecule has 0 saturated carbocycles. The third-order valence-corrected chi connectivity index (χ3v) is 2.51. The van der Waals surface area contributed by atoms with Gasteiger partial charge in [-0.05, 0) is 24.3 Å². The van der Waals surface area contributed by atoms with E-state index in [2.05, 4.69) is 5.32 Å². The van der Waals surface area contributed by atoms with Gasteiger partial charge in [-0.25, -0.2) is 0 Å². The molecule has 0 aromatic heterocycles. The van der Waals surface area contributed by atoms with Crippen LogP contribution in [-0.4, -0.2) is 15.9 Å². The number of benzene rings is 2. The first-order valence-electron chi connectivity index (χ1n) is 5.51. The molecule has 2 rings (SSSR count). The van der Waals surface area contributed by atoms with E-state index in [4.69, 9.17) is 0 Å². The SMILES string of the molecule is O=C(Nc1cccc(O)c1)c1ccc([N+](=O)[O-])c(F)c1. The maximum absolute atomic E-state index is 13.4. The molecule has 0 unspecified atom stereocenters. The summed E-state index contributed by atoms with van der Waals surface area (Å²) in [6.45, 7) is 0. The highest BCUT2D eigenvalue weighted by atomic mass is 19.1. The Morgan fingerprint density at radius 1 is 1.25 bits per heavy atom. The number of carbonyl (C=O) groups is 1. The monoisotopic (exact) mass is 276 g/mol. The van der Waals surface area contributed by atoms with Gasteiger partial charge in [0.15, 0.2) is 0 Å². The minimum Gasteiger partial charge on any atom is -0.508 e. The van der Waals surface area contributed by atoms with Crippen LogP contribution in [0, 0.1) is 15.9 Å². The molecule has 7 heteroatoms. The summed E-state index contributed by atoms with van der Waals surface area (Å²) in [5.41, 5.74) is -0.427. The second kappa shape index (κ2) is 5.35. The fourth-order valence-corrected chi connectivity index (χ4v) is 1.58. The summed E-state index contributed by atoms with van der Waals surface area (Å²) in [5.74, 6) is -1.75. The fraction of sp³-hybridized carbons (Fsp3) is 0.